The van der Waals surface area contributed by atoms with E-state index < -0.39 is 12.1 Å². The molecule has 0 aliphatic heterocycles. The Labute approximate surface area is 174 Å². The summed E-state index contributed by atoms with van der Waals surface area (Å²) in [5.74, 6) is -1.28. The predicted octanol–water partition coefficient (Wildman–Crippen LogP) is 2.99. The molecule has 30 heavy (non-hydrogen) atoms. The number of fused-ring (bicyclic) bond motifs is 3. The lowest BCUT2D eigenvalue weighted by atomic mass is 9.98. The van der Waals surface area contributed by atoms with Crippen LogP contribution in [-0.2, 0) is 14.3 Å². The number of carbonyl (C=O) groups is 3. The Kier molecular flexibility index (Phi) is 5.70. The van der Waals surface area contributed by atoms with Gasteiger partial charge in [-0.1, -0.05) is 48.5 Å². The number of rotatable bonds is 8. The van der Waals surface area contributed by atoms with Crippen LogP contribution in [0.5, 0.6) is 0 Å². The minimum Gasteiger partial charge on any atom is -0.481 e. The van der Waals surface area contributed by atoms with Gasteiger partial charge in [-0.05, 0) is 35.1 Å². The summed E-state index contributed by atoms with van der Waals surface area (Å²) in [5, 5.41) is 11.4. The highest BCUT2D eigenvalue weighted by Gasteiger charge is 2.33. The number of carboxylic acids is 1. The fourth-order valence-corrected chi connectivity index (χ4v) is 4.01. The molecule has 0 radical (unpaired) electrons. The number of hydrogen-bond donors (Lipinski definition) is 2. The summed E-state index contributed by atoms with van der Waals surface area (Å²) in [6, 6.07) is 16.2. The molecular formula is C23H24N2O5. The highest BCUT2D eigenvalue weighted by atomic mass is 16.5. The molecule has 7 nitrogen and oxygen atoms in total. The summed E-state index contributed by atoms with van der Waals surface area (Å²) in [6.07, 6.45) is 0.985. The van der Waals surface area contributed by atoms with Crippen LogP contribution in [0.25, 0.3) is 11.1 Å². The van der Waals surface area contributed by atoms with E-state index in [1.54, 1.807) is 0 Å². The number of benzene rings is 2. The second-order valence-corrected chi connectivity index (χ2v) is 7.64. The van der Waals surface area contributed by atoms with Crippen LogP contribution < -0.4 is 5.32 Å². The molecule has 0 atom stereocenters. The van der Waals surface area contributed by atoms with E-state index in [1.807, 2.05) is 36.4 Å². The summed E-state index contributed by atoms with van der Waals surface area (Å²) in [5.41, 5.74) is 4.54. The van der Waals surface area contributed by atoms with Crippen LogP contribution in [0, 0.1) is 0 Å². The number of amides is 2. The first kappa shape index (κ1) is 19.9. The standard InChI is InChI=1S/C23H24N2O5/c26-21(25(15-9-10-15)12-11-22(27)28)13-24-23(29)30-14-20-18-7-3-1-5-16(18)17-6-2-4-8-19(17)20/h1-8,15,20H,9-14H2,(H,24,29)(H,27,28). The maximum atomic E-state index is 12.4. The van der Waals surface area contributed by atoms with Gasteiger partial charge < -0.3 is 20.1 Å². The van der Waals surface area contributed by atoms with Crippen molar-refractivity contribution in [2.45, 2.75) is 31.2 Å². The average molecular weight is 408 g/mol. The summed E-state index contributed by atoms with van der Waals surface area (Å²) in [4.78, 5) is 36.9. The first-order valence-corrected chi connectivity index (χ1v) is 10.1. The van der Waals surface area contributed by atoms with E-state index in [1.165, 1.54) is 4.90 Å². The molecule has 2 aromatic rings. The van der Waals surface area contributed by atoms with Crippen LogP contribution in [0.15, 0.2) is 48.5 Å². The van der Waals surface area contributed by atoms with Gasteiger partial charge in [0.05, 0.1) is 6.42 Å². The van der Waals surface area contributed by atoms with Crippen molar-refractivity contribution in [3.8, 4) is 11.1 Å². The first-order chi connectivity index (χ1) is 14.5. The number of nitrogens with one attached hydrogen (secondary N) is 1. The number of carboxylic acid groups (broad SMARTS) is 1. The molecule has 1 fully saturated rings. The van der Waals surface area contributed by atoms with Gasteiger partial charge in [0.25, 0.3) is 0 Å². The smallest absolute Gasteiger partial charge is 0.407 e. The molecule has 0 bridgehead atoms. The van der Waals surface area contributed by atoms with Crippen molar-refractivity contribution in [3.63, 3.8) is 0 Å². The number of alkyl carbamates (subject to hydrolysis) is 1. The molecule has 0 spiro atoms. The van der Waals surface area contributed by atoms with Crippen LogP contribution in [-0.4, -0.2) is 53.7 Å². The molecule has 2 aliphatic rings. The Balaban J connectivity index is 1.32. The lowest BCUT2D eigenvalue weighted by Crippen LogP contribution is -2.42. The topological polar surface area (TPSA) is 95.9 Å². The van der Waals surface area contributed by atoms with Gasteiger partial charge in [-0.3, -0.25) is 9.59 Å². The SMILES string of the molecule is O=C(O)CCN(C(=O)CNC(=O)OCC1c2ccccc2-c2ccccc21)C1CC1. The molecular weight excluding hydrogens is 384 g/mol. The first-order valence-electron chi connectivity index (χ1n) is 10.1. The van der Waals surface area contributed by atoms with Crippen molar-refractivity contribution < 1.29 is 24.2 Å². The molecule has 2 aromatic carbocycles. The van der Waals surface area contributed by atoms with E-state index in [2.05, 4.69) is 17.4 Å². The van der Waals surface area contributed by atoms with Crippen LogP contribution in [0.1, 0.15) is 36.3 Å². The van der Waals surface area contributed by atoms with E-state index >= 15 is 0 Å². The van der Waals surface area contributed by atoms with E-state index in [4.69, 9.17) is 9.84 Å². The van der Waals surface area contributed by atoms with Gasteiger partial charge >= 0.3 is 12.1 Å². The van der Waals surface area contributed by atoms with Crippen LogP contribution >= 0.6 is 0 Å². The molecule has 1 saturated carbocycles. The fourth-order valence-electron chi connectivity index (χ4n) is 4.01. The van der Waals surface area contributed by atoms with Crippen molar-refractivity contribution in [2.24, 2.45) is 0 Å². The third-order valence-electron chi connectivity index (χ3n) is 5.60. The van der Waals surface area contributed by atoms with Gasteiger partial charge in [0.1, 0.15) is 13.2 Å². The minimum absolute atomic E-state index is 0.0441. The van der Waals surface area contributed by atoms with E-state index in [9.17, 15) is 14.4 Å². The normalized spacial score (nSPS) is 14.5. The molecule has 2 amide bonds. The van der Waals surface area contributed by atoms with Crippen molar-refractivity contribution in [3.05, 3.63) is 59.7 Å². The Hall–Kier alpha value is -3.35. The zero-order chi connectivity index (χ0) is 21.1. The molecule has 0 aromatic heterocycles. The molecule has 0 saturated heterocycles. The number of carbonyl (C=O) groups excluding carboxylic acids is 2. The average Bonchev–Trinajstić information content (AvgIpc) is 3.53. The zero-order valence-electron chi connectivity index (χ0n) is 16.5. The maximum absolute atomic E-state index is 12.4. The summed E-state index contributed by atoms with van der Waals surface area (Å²) >= 11 is 0. The van der Waals surface area contributed by atoms with E-state index in [0.29, 0.717) is 0 Å². The van der Waals surface area contributed by atoms with Crippen molar-refractivity contribution in [1.29, 1.82) is 0 Å². The Morgan fingerprint density at radius 3 is 2.17 bits per heavy atom. The number of hydrogen-bond acceptors (Lipinski definition) is 4. The quantitative estimate of drug-likeness (QED) is 0.700. The van der Waals surface area contributed by atoms with Gasteiger partial charge in [-0.25, -0.2) is 4.79 Å². The molecule has 4 rings (SSSR count). The van der Waals surface area contributed by atoms with Crippen molar-refractivity contribution in [2.75, 3.05) is 19.7 Å². The molecule has 156 valence electrons. The van der Waals surface area contributed by atoms with Gasteiger partial charge in [0, 0.05) is 18.5 Å². The number of nitrogens with zero attached hydrogens (tertiary/aromatic N) is 1. The number of ether oxygens (including phenoxy) is 1. The van der Waals surface area contributed by atoms with E-state index in [-0.39, 0.29) is 44.0 Å². The highest BCUT2D eigenvalue weighted by molar-refractivity contribution is 5.83. The summed E-state index contributed by atoms with van der Waals surface area (Å²) < 4.78 is 5.43. The van der Waals surface area contributed by atoms with Crippen molar-refractivity contribution >= 4 is 18.0 Å². The van der Waals surface area contributed by atoms with Gasteiger partial charge in [-0.15, -0.1) is 0 Å². The molecule has 0 unspecified atom stereocenters. The fraction of sp³-hybridized carbons (Fsp3) is 0.348. The monoisotopic (exact) mass is 408 g/mol. The largest absolute Gasteiger partial charge is 0.481 e. The molecule has 2 aliphatic carbocycles. The Morgan fingerprint density at radius 1 is 1.00 bits per heavy atom. The summed E-state index contributed by atoms with van der Waals surface area (Å²) in [7, 11) is 0. The van der Waals surface area contributed by atoms with Crippen LogP contribution in [0.4, 0.5) is 4.79 Å². The van der Waals surface area contributed by atoms with E-state index in [0.717, 1.165) is 35.1 Å². The van der Waals surface area contributed by atoms with Gasteiger partial charge in [0.15, 0.2) is 0 Å². The van der Waals surface area contributed by atoms with Crippen LogP contribution in [0.2, 0.25) is 0 Å². The minimum atomic E-state index is -0.946. The van der Waals surface area contributed by atoms with Gasteiger partial charge in [0.2, 0.25) is 5.91 Å². The number of aliphatic carboxylic acids is 1. The van der Waals surface area contributed by atoms with Crippen LogP contribution in [0.3, 0.4) is 0 Å². The highest BCUT2D eigenvalue weighted by Crippen LogP contribution is 2.44. The Bertz CT molecular complexity index is 924. The molecule has 0 heterocycles. The Morgan fingerprint density at radius 2 is 1.60 bits per heavy atom. The predicted molar refractivity (Wildman–Crippen MR) is 110 cm³/mol. The second kappa shape index (κ2) is 8.57. The van der Waals surface area contributed by atoms with Crippen molar-refractivity contribution in [1.82, 2.24) is 10.2 Å². The summed E-state index contributed by atoms with van der Waals surface area (Å²) in [6.45, 7) is 0.136. The second-order valence-electron chi connectivity index (χ2n) is 7.64. The zero-order valence-corrected chi connectivity index (χ0v) is 16.5. The lowest BCUT2D eigenvalue weighted by Gasteiger charge is -2.22. The maximum Gasteiger partial charge on any atom is 0.407 e. The third-order valence-corrected chi connectivity index (χ3v) is 5.60. The van der Waals surface area contributed by atoms with Gasteiger partial charge in [-0.2, -0.15) is 0 Å². The molecule has 7 heteroatoms. The third kappa shape index (κ3) is 4.30. The molecule has 2 N–H and O–H groups in total. The lowest BCUT2D eigenvalue weighted by molar-refractivity contribution is -0.138.